The van der Waals surface area contributed by atoms with Crippen molar-refractivity contribution in [2.24, 2.45) is 0 Å². The van der Waals surface area contributed by atoms with Crippen LogP contribution in [0.3, 0.4) is 0 Å². The normalized spacial score (nSPS) is 25.9. The van der Waals surface area contributed by atoms with E-state index < -0.39 is 8.07 Å². The third-order valence-electron chi connectivity index (χ3n) is 2.15. The molecule has 3 heteroatoms. The van der Waals surface area contributed by atoms with Crippen LogP contribution < -0.4 is 0 Å². The van der Waals surface area contributed by atoms with Gasteiger partial charge in [-0.25, -0.2) is 0 Å². The van der Waals surface area contributed by atoms with Crippen LogP contribution in [-0.4, -0.2) is 50.0 Å². The summed E-state index contributed by atoms with van der Waals surface area (Å²) in [5.41, 5.74) is 0.640. The second-order valence-electron chi connectivity index (χ2n) is 4.22. The van der Waals surface area contributed by atoms with E-state index in [4.69, 9.17) is 4.74 Å². The molecule has 0 radical (unpaired) electrons. The van der Waals surface area contributed by atoms with Gasteiger partial charge in [0.15, 0.2) is 0 Å². The van der Waals surface area contributed by atoms with Gasteiger partial charge in [0.2, 0.25) is 0 Å². The molecule has 1 rings (SSSR count). The molecule has 1 aliphatic heterocycles. The van der Waals surface area contributed by atoms with Crippen molar-refractivity contribution in [1.82, 2.24) is 0 Å². The number of hydrogen-bond acceptors (Lipinski definition) is 1. The molecule has 1 aliphatic rings. The minimum atomic E-state index is -0.979. The van der Waals surface area contributed by atoms with Gasteiger partial charge in [0.25, 0.3) is 0 Å². The standard InChI is InChI=1S/C8H18OSi.Na.H/c1-10(2,3)8-6-4-5-7-9-8;;/h8H,4-7H2,1-3H3;;. The fourth-order valence-electron chi connectivity index (χ4n) is 1.42. The second-order valence-corrected chi connectivity index (χ2v) is 9.60. The first kappa shape index (κ1) is 12.2. The van der Waals surface area contributed by atoms with Crippen LogP contribution in [0.2, 0.25) is 19.6 Å². The summed E-state index contributed by atoms with van der Waals surface area (Å²) >= 11 is 0. The van der Waals surface area contributed by atoms with Gasteiger partial charge in [-0.05, 0) is 19.3 Å². The summed E-state index contributed by atoms with van der Waals surface area (Å²) in [5, 5.41) is 0. The van der Waals surface area contributed by atoms with Crippen LogP contribution in [0, 0.1) is 0 Å². The first-order chi connectivity index (χ1) is 4.61. The summed E-state index contributed by atoms with van der Waals surface area (Å²) in [5.74, 6) is 0. The molecule has 1 saturated heterocycles. The predicted octanol–water partition coefficient (Wildman–Crippen LogP) is 1.78. The fraction of sp³-hybridized carbons (Fsp3) is 1.00. The van der Waals surface area contributed by atoms with Crippen LogP contribution >= 0.6 is 0 Å². The zero-order chi connectivity index (χ0) is 7.61. The molecule has 0 aromatic rings. The molecule has 0 bridgehead atoms. The molecule has 11 heavy (non-hydrogen) atoms. The van der Waals surface area contributed by atoms with Crippen molar-refractivity contribution in [1.29, 1.82) is 0 Å². The summed E-state index contributed by atoms with van der Waals surface area (Å²) in [6.07, 6.45) is 3.98. The molecule has 62 valence electrons. The third-order valence-corrected chi connectivity index (χ3v) is 4.53. The zero-order valence-electron chi connectivity index (χ0n) is 7.31. The number of rotatable bonds is 1. The van der Waals surface area contributed by atoms with Crippen molar-refractivity contribution in [2.45, 2.75) is 44.6 Å². The molecule has 0 aliphatic carbocycles. The van der Waals surface area contributed by atoms with E-state index in [0.29, 0.717) is 5.73 Å². The third kappa shape index (κ3) is 4.09. The molecule has 1 fully saturated rings. The molecule has 1 nitrogen and oxygen atoms in total. The van der Waals surface area contributed by atoms with Crippen molar-refractivity contribution in [3.8, 4) is 0 Å². The molecule has 1 heterocycles. The van der Waals surface area contributed by atoms with Gasteiger partial charge in [-0.1, -0.05) is 19.6 Å². The van der Waals surface area contributed by atoms with Crippen LogP contribution in [0.25, 0.3) is 0 Å². The van der Waals surface area contributed by atoms with E-state index in [1.54, 1.807) is 0 Å². The van der Waals surface area contributed by atoms with Crippen LogP contribution in [0.4, 0.5) is 0 Å². The quantitative estimate of drug-likeness (QED) is 0.562. The Balaban J connectivity index is 0.000001000. The molecule has 0 N–H and O–H groups in total. The van der Waals surface area contributed by atoms with Crippen LogP contribution in [0.5, 0.6) is 0 Å². The first-order valence-corrected chi connectivity index (χ1v) is 7.80. The Labute approximate surface area is 93.2 Å². The summed E-state index contributed by atoms with van der Waals surface area (Å²) in [4.78, 5) is 0. The maximum atomic E-state index is 5.70. The van der Waals surface area contributed by atoms with Gasteiger partial charge in [-0.3, -0.25) is 0 Å². The van der Waals surface area contributed by atoms with Crippen molar-refractivity contribution in [3.63, 3.8) is 0 Å². The topological polar surface area (TPSA) is 9.23 Å². The predicted molar refractivity (Wildman–Crippen MR) is 54.1 cm³/mol. The average Bonchev–Trinajstić information content (AvgIpc) is 1.88. The second kappa shape index (κ2) is 5.03. The van der Waals surface area contributed by atoms with Gasteiger partial charge in [-0.2, -0.15) is 0 Å². The van der Waals surface area contributed by atoms with Gasteiger partial charge in [0.1, 0.15) is 0 Å². The van der Waals surface area contributed by atoms with Gasteiger partial charge in [0, 0.05) is 12.3 Å². The maximum absolute atomic E-state index is 5.70. The summed E-state index contributed by atoms with van der Waals surface area (Å²) in [7, 11) is -0.979. The van der Waals surface area contributed by atoms with Crippen LogP contribution in [-0.2, 0) is 4.74 Å². The molecule has 1 atom stereocenters. The van der Waals surface area contributed by atoms with Crippen LogP contribution in [0.15, 0.2) is 0 Å². The Bertz CT molecular complexity index is 105. The van der Waals surface area contributed by atoms with Gasteiger partial charge >= 0.3 is 29.6 Å². The average molecular weight is 182 g/mol. The molecule has 0 saturated carbocycles. The van der Waals surface area contributed by atoms with E-state index in [1.165, 1.54) is 19.3 Å². The Hall–Kier alpha value is 1.18. The summed E-state index contributed by atoms with van der Waals surface area (Å²) < 4.78 is 5.70. The van der Waals surface area contributed by atoms with Crippen molar-refractivity contribution < 1.29 is 4.74 Å². The van der Waals surface area contributed by atoms with E-state index in [1.807, 2.05) is 0 Å². The van der Waals surface area contributed by atoms with E-state index >= 15 is 0 Å². The van der Waals surface area contributed by atoms with Gasteiger partial charge in [-0.15, -0.1) is 0 Å². The number of ether oxygens (including phenoxy) is 1. The van der Waals surface area contributed by atoms with E-state index in [-0.39, 0.29) is 29.6 Å². The SMILES string of the molecule is C[Si](C)(C)C1CCCCO1.[NaH]. The van der Waals surface area contributed by atoms with E-state index in [2.05, 4.69) is 19.6 Å². The summed E-state index contributed by atoms with van der Waals surface area (Å²) in [6, 6.07) is 0. The summed E-state index contributed by atoms with van der Waals surface area (Å²) in [6.45, 7) is 8.18. The van der Waals surface area contributed by atoms with Crippen LogP contribution in [0.1, 0.15) is 19.3 Å². The Kier molecular flexibility index (Phi) is 5.56. The first-order valence-electron chi connectivity index (χ1n) is 4.22. The van der Waals surface area contributed by atoms with Gasteiger partial charge < -0.3 is 4.74 Å². The molecule has 1 unspecified atom stereocenters. The fourth-order valence-corrected chi connectivity index (χ4v) is 3.11. The number of hydrogen-bond donors (Lipinski definition) is 0. The zero-order valence-corrected chi connectivity index (χ0v) is 8.31. The molecule has 0 aromatic carbocycles. The minimum absolute atomic E-state index is 0. The molecule has 0 aromatic heterocycles. The van der Waals surface area contributed by atoms with Gasteiger partial charge in [0.05, 0.1) is 8.07 Å². The van der Waals surface area contributed by atoms with Crippen molar-refractivity contribution in [3.05, 3.63) is 0 Å². The van der Waals surface area contributed by atoms with E-state index in [0.717, 1.165) is 6.61 Å². The molecular weight excluding hydrogens is 163 g/mol. The Morgan fingerprint density at radius 3 is 2.09 bits per heavy atom. The molecule has 0 spiro atoms. The van der Waals surface area contributed by atoms with Crippen molar-refractivity contribution in [2.75, 3.05) is 6.61 Å². The monoisotopic (exact) mass is 182 g/mol. The molecular formula is C8H19NaOSi. The van der Waals surface area contributed by atoms with E-state index in [9.17, 15) is 0 Å². The molecule has 0 amide bonds. The Morgan fingerprint density at radius 2 is 1.82 bits per heavy atom. The Morgan fingerprint density at radius 1 is 1.18 bits per heavy atom. The van der Waals surface area contributed by atoms with Crippen molar-refractivity contribution >= 4 is 37.6 Å².